The van der Waals surface area contributed by atoms with Gasteiger partial charge in [-0.25, -0.2) is 9.97 Å². The van der Waals surface area contributed by atoms with Crippen LogP contribution in [0.1, 0.15) is 46.4 Å². The van der Waals surface area contributed by atoms with E-state index in [1.54, 1.807) is 0 Å². The Kier molecular flexibility index (Phi) is 5.40. The lowest BCUT2D eigenvalue weighted by Crippen LogP contribution is -2.33. The molecule has 0 N–H and O–H groups in total. The molecule has 5 heteroatoms. The maximum absolute atomic E-state index is 12.4. The molecule has 1 amide bonds. The molecule has 136 valence electrons. The van der Waals surface area contributed by atoms with Gasteiger partial charge in [-0.2, -0.15) is 0 Å². The first-order chi connectivity index (χ1) is 12.0. The van der Waals surface area contributed by atoms with E-state index in [0.29, 0.717) is 17.7 Å². The summed E-state index contributed by atoms with van der Waals surface area (Å²) < 4.78 is 2.28. The molecule has 5 nitrogen and oxygen atoms in total. The lowest BCUT2D eigenvalue weighted by Gasteiger charge is -2.20. The van der Waals surface area contributed by atoms with E-state index in [9.17, 15) is 4.79 Å². The minimum absolute atomic E-state index is 0.133. The van der Waals surface area contributed by atoms with E-state index < -0.39 is 0 Å². The number of likely N-dealkylation sites (tertiary alicyclic amines) is 1. The van der Waals surface area contributed by atoms with Gasteiger partial charge >= 0.3 is 0 Å². The molecule has 0 bridgehead atoms. The minimum Gasteiger partial charge on any atom is -0.342 e. The number of nitrogens with zero attached hydrogens (tertiary/aromatic N) is 4. The third kappa shape index (κ3) is 3.86. The molecule has 1 saturated heterocycles. The molecular weight excluding hydrogens is 312 g/mol. The van der Waals surface area contributed by atoms with Crippen LogP contribution in [0.4, 0.5) is 0 Å². The fourth-order valence-corrected chi connectivity index (χ4v) is 3.66. The number of rotatable bonds is 6. The van der Waals surface area contributed by atoms with Crippen molar-refractivity contribution in [3.05, 3.63) is 24.2 Å². The maximum Gasteiger partial charge on any atom is 0.225 e. The zero-order valence-corrected chi connectivity index (χ0v) is 15.9. The van der Waals surface area contributed by atoms with Crippen molar-refractivity contribution in [2.75, 3.05) is 13.1 Å². The lowest BCUT2D eigenvalue weighted by atomic mass is 10.0. The van der Waals surface area contributed by atoms with E-state index in [1.165, 1.54) is 0 Å². The van der Waals surface area contributed by atoms with Crippen molar-refractivity contribution >= 4 is 17.1 Å². The van der Waals surface area contributed by atoms with Crippen LogP contribution in [-0.4, -0.2) is 38.4 Å². The Hall–Kier alpha value is -1.91. The van der Waals surface area contributed by atoms with Crippen LogP contribution in [0.3, 0.4) is 0 Å². The van der Waals surface area contributed by atoms with Crippen LogP contribution in [0.2, 0.25) is 0 Å². The van der Waals surface area contributed by atoms with Crippen molar-refractivity contribution in [1.82, 2.24) is 19.4 Å². The largest absolute Gasteiger partial charge is 0.342 e. The summed E-state index contributed by atoms with van der Waals surface area (Å²) in [4.78, 5) is 23.9. The first-order valence-electron chi connectivity index (χ1n) is 9.58. The highest BCUT2D eigenvalue weighted by molar-refractivity contribution is 5.78. The molecular formula is C20H30N4O. The van der Waals surface area contributed by atoms with Gasteiger partial charge < -0.3 is 9.47 Å². The zero-order valence-electron chi connectivity index (χ0n) is 15.9. The van der Waals surface area contributed by atoms with E-state index in [-0.39, 0.29) is 5.92 Å². The highest BCUT2D eigenvalue weighted by Gasteiger charge is 2.29. The SMILES string of the molecule is CCC(C)C(=O)N1CCC(Cc2nc3cccnc3n2CC(C)C)C1. The Morgan fingerprint density at radius 1 is 1.36 bits per heavy atom. The first-order valence-corrected chi connectivity index (χ1v) is 9.58. The Bertz CT molecular complexity index is 736. The topological polar surface area (TPSA) is 51.0 Å². The number of hydrogen-bond acceptors (Lipinski definition) is 3. The molecule has 2 aromatic heterocycles. The van der Waals surface area contributed by atoms with Crippen LogP contribution in [0.5, 0.6) is 0 Å². The number of imidazole rings is 1. The van der Waals surface area contributed by atoms with Gasteiger partial charge in [0.05, 0.1) is 0 Å². The fourth-order valence-electron chi connectivity index (χ4n) is 3.66. The summed E-state index contributed by atoms with van der Waals surface area (Å²) >= 11 is 0. The minimum atomic E-state index is 0.133. The van der Waals surface area contributed by atoms with Crippen LogP contribution in [0.25, 0.3) is 11.2 Å². The highest BCUT2D eigenvalue weighted by Crippen LogP contribution is 2.25. The Morgan fingerprint density at radius 3 is 2.88 bits per heavy atom. The Morgan fingerprint density at radius 2 is 2.16 bits per heavy atom. The summed E-state index contributed by atoms with van der Waals surface area (Å²) in [7, 11) is 0. The van der Waals surface area contributed by atoms with Crippen LogP contribution in [-0.2, 0) is 17.8 Å². The summed E-state index contributed by atoms with van der Waals surface area (Å²) in [5.41, 5.74) is 1.96. The molecule has 2 atom stereocenters. The lowest BCUT2D eigenvalue weighted by molar-refractivity contribution is -0.134. The molecule has 1 aliphatic heterocycles. The Balaban J connectivity index is 1.76. The second-order valence-electron chi connectivity index (χ2n) is 7.83. The number of carbonyl (C=O) groups excluding carboxylic acids is 1. The molecule has 0 aromatic carbocycles. The second-order valence-corrected chi connectivity index (χ2v) is 7.83. The van der Waals surface area contributed by atoms with Crippen molar-refractivity contribution in [1.29, 1.82) is 0 Å². The number of hydrogen-bond donors (Lipinski definition) is 0. The van der Waals surface area contributed by atoms with Crippen molar-refractivity contribution in [2.45, 2.75) is 53.5 Å². The average Bonchev–Trinajstić information content (AvgIpc) is 3.19. The van der Waals surface area contributed by atoms with E-state index >= 15 is 0 Å². The predicted molar refractivity (Wildman–Crippen MR) is 100 cm³/mol. The number of amides is 1. The van der Waals surface area contributed by atoms with Crippen LogP contribution < -0.4 is 0 Å². The molecule has 0 spiro atoms. The summed E-state index contributed by atoms with van der Waals surface area (Å²) in [6.07, 6.45) is 4.75. The van der Waals surface area contributed by atoms with Crippen molar-refractivity contribution in [3.63, 3.8) is 0 Å². The number of fused-ring (bicyclic) bond motifs is 1. The molecule has 3 heterocycles. The first kappa shape index (κ1) is 17.9. The van der Waals surface area contributed by atoms with Crippen molar-refractivity contribution in [3.8, 4) is 0 Å². The molecule has 3 rings (SSSR count). The maximum atomic E-state index is 12.4. The third-order valence-corrected chi connectivity index (χ3v) is 5.23. The summed E-state index contributed by atoms with van der Waals surface area (Å²) in [6, 6.07) is 3.98. The molecule has 2 aromatic rings. The van der Waals surface area contributed by atoms with Gasteiger partial charge in [-0.3, -0.25) is 4.79 Å². The van der Waals surface area contributed by atoms with E-state index in [1.807, 2.05) is 30.2 Å². The van der Waals surface area contributed by atoms with Gasteiger partial charge in [0.2, 0.25) is 5.91 Å². The van der Waals surface area contributed by atoms with Crippen LogP contribution in [0.15, 0.2) is 18.3 Å². The zero-order chi connectivity index (χ0) is 18.0. The molecule has 0 saturated carbocycles. The van der Waals surface area contributed by atoms with Crippen molar-refractivity contribution < 1.29 is 4.79 Å². The van der Waals surface area contributed by atoms with E-state index in [2.05, 4.69) is 30.3 Å². The monoisotopic (exact) mass is 342 g/mol. The van der Waals surface area contributed by atoms with E-state index in [0.717, 1.165) is 55.9 Å². The number of aromatic nitrogens is 3. The highest BCUT2D eigenvalue weighted by atomic mass is 16.2. The molecule has 25 heavy (non-hydrogen) atoms. The predicted octanol–water partition coefficient (Wildman–Crippen LogP) is 3.52. The third-order valence-electron chi connectivity index (χ3n) is 5.23. The van der Waals surface area contributed by atoms with Gasteiger partial charge in [0.1, 0.15) is 11.3 Å². The molecule has 1 aliphatic rings. The summed E-state index contributed by atoms with van der Waals surface area (Å²) in [6.45, 7) is 11.2. The van der Waals surface area contributed by atoms with Gasteiger partial charge in [-0.15, -0.1) is 0 Å². The van der Waals surface area contributed by atoms with Crippen LogP contribution in [0, 0.1) is 17.8 Å². The van der Waals surface area contributed by atoms with Gasteiger partial charge in [-0.1, -0.05) is 27.7 Å². The summed E-state index contributed by atoms with van der Waals surface area (Å²) in [5.74, 6) is 2.60. The van der Waals surface area contributed by atoms with Gasteiger partial charge in [0, 0.05) is 38.2 Å². The van der Waals surface area contributed by atoms with Gasteiger partial charge in [0.25, 0.3) is 0 Å². The number of pyridine rings is 1. The van der Waals surface area contributed by atoms with Crippen molar-refractivity contribution in [2.24, 2.45) is 17.8 Å². The second kappa shape index (κ2) is 7.54. The molecule has 1 fully saturated rings. The fraction of sp³-hybridized carbons (Fsp3) is 0.650. The quantitative estimate of drug-likeness (QED) is 0.807. The standard InChI is InChI=1S/C20H30N4O/c1-5-15(4)20(25)23-10-8-16(13-23)11-18-22-17-7-6-9-21-19(17)24(18)12-14(2)3/h6-7,9,14-16H,5,8,10-13H2,1-4H3. The normalized spacial score (nSPS) is 19.1. The molecule has 2 unspecified atom stereocenters. The number of carbonyl (C=O) groups is 1. The van der Waals surface area contributed by atoms with Gasteiger partial charge in [-0.05, 0) is 36.8 Å². The average molecular weight is 342 g/mol. The van der Waals surface area contributed by atoms with Gasteiger partial charge in [0.15, 0.2) is 5.65 Å². The molecule has 0 aliphatic carbocycles. The molecule has 0 radical (unpaired) electrons. The smallest absolute Gasteiger partial charge is 0.225 e. The van der Waals surface area contributed by atoms with E-state index in [4.69, 9.17) is 4.98 Å². The summed E-state index contributed by atoms with van der Waals surface area (Å²) in [5, 5.41) is 0. The van der Waals surface area contributed by atoms with Crippen LogP contribution >= 0.6 is 0 Å². The Labute approximate surface area is 150 Å².